The number of carbonyl (C=O) groups excluding carboxylic acids is 3. The second-order valence-corrected chi connectivity index (χ2v) is 5.19. The van der Waals surface area contributed by atoms with Crippen LogP contribution < -0.4 is 15.8 Å². The van der Waals surface area contributed by atoms with Crippen LogP contribution in [0.5, 0.6) is 5.75 Å². The molecule has 0 aliphatic heterocycles. The van der Waals surface area contributed by atoms with Gasteiger partial charge in [0.15, 0.2) is 6.61 Å². The monoisotopic (exact) mass is 354 g/mol. The lowest BCUT2D eigenvalue weighted by molar-refractivity contribution is -0.142. The molecule has 0 spiro atoms. The fourth-order valence-electron chi connectivity index (χ4n) is 2.16. The van der Waals surface area contributed by atoms with E-state index in [2.05, 4.69) is 0 Å². The highest BCUT2D eigenvalue weighted by Gasteiger charge is 2.16. The summed E-state index contributed by atoms with van der Waals surface area (Å²) in [6.07, 6.45) is 1.63. The predicted molar refractivity (Wildman–Crippen MR) is 96.0 cm³/mol. The van der Waals surface area contributed by atoms with E-state index >= 15 is 0 Å². The summed E-state index contributed by atoms with van der Waals surface area (Å²) in [6.45, 7) is -0.621. The van der Waals surface area contributed by atoms with Gasteiger partial charge < -0.3 is 15.2 Å². The topological polar surface area (TPSA) is 108 Å². The van der Waals surface area contributed by atoms with Crippen LogP contribution in [0.2, 0.25) is 0 Å². The molecule has 0 aromatic heterocycles. The number of urea groups is 1. The van der Waals surface area contributed by atoms with E-state index < -0.39 is 24.5 Å². The van der Waals surface area contributed by atoms with Crippen molar-refractivity contribution >= 4 is 29.6 Å². The van der Waals surface area contributed by atoms with Crippen LogP contribution in [0.25, 0.3) is 11.6 Å². The number of carbonyl (C=O) groups is 3. The fourth-order valence-corrected chi connectivity index (χ4v) is 2.16. The fraction of sp³-hybridized carbons (Fsp3) is 0.105. The Labute approximate surface area is 150 Å². The first kappa shape index (κ1) is 18.7. The highest BCUT2D eigenvalue weighted by Crippen LogP contribution is 2.22. The number of nitrogens with one attached hydrogen (secondary N) is 1. The molecule has 0 saturated carbocycles. The van der Waals surface area contributed by atoms with Crippen molar-refractivity contribution in [3.8, 4) is 5.75 Å². The second kappa shape index (κ2) is 9.03. The van der Waals surface area contributed by atoms with E-state index in [1.165, 1.54) is 0 Å². The number of rotatable bonds is 6. The highest BCUT2D eigenvalue weighted by atomic mass is 16.5. The van der Waals surface area contributed by atoms with Crippen LogP contribution in [0.15, 0.2) is 54.6 Å². The maximum Gasteiger partial charge on any atom is 0.339 e. The van der Waals surface area contributed by atoms with E-state index in [0.29, 0.717) is 11.3 Å². The van der Waals surface area contributed by atoms with Crippen molar-refractivity contribution in [1.82, 2.24) is 5.32 Å². The van der Waals surface area contributed by atoms with Gasteiger partial charge >= 0.3 is 12.0 Å². The minimum absolute atomic E-state index is 0.255. The van der Waals surface area contributed by atoms with Crippen LogP contribution in [0, 0.1) is 0 Å². The summed E-state index contributed by atoms with van der Waals surface area (Å²) in [5, 5.41) is 1.83. The molecule has 0 aliphatic rings. The van der Waals surface area contributed by atoms with Gasteiger partial charge in [-0.25, -0.2) is 9.59 Å². The van der Waals surface area contributed by atoms with Crippen molar-refractivity contribution in [3.05, 3.63) is 65.7 Å². The van der Waals surface area contributed by atoms with Crippen LogP contribution in [0.4, 0.5) is 4.79 Å². The Balaban J connectivity index is 2.26. The lowest BCUT2D eigenvalue weighted by Gasteiger charge is -2.09. The van der Waals surface area contributed by atoms with E-state index in [-0.39, 0.29) is 5.57 Å². The molecular weight excluding hydrogens is 336 g/mol. The number of methoxy groups -OCH3 is 1. The van der Waals surface area contributed by atoms with Crippen LogP contribution in [0.1, 0.15) is 11.1 Å². The first-order valence-corrected chi connectivity index (χ1v) is 7.67. The molecule has 0 bridgehead atoms. The SMILES string of the molecule is COc1cccc(/C=C(\C(=O)OCC(=O)NC(N)=O)c2ccccc2)c1. The maximum atomic E-state index is 12.5. The Morgan fingerprint density at radius 1 is 1.08 bits per heavy atom. The van der Waals surface area contributed by atoms with Gasteiger partial charge in [0, 0.05) is 0 Å². The molecule has 0 saturated heterocycles. The summed E-state index contributed by atoms with van der Waals surface area (Å²) in [7, 11) is 1.55. The van der Waals surface area contributed by atoms with Gasteiger partial charge in [-0.3, -0.25) is 10.1 Å². The van der Waals surface area contributed by atoms with E-state index in [1.807, 2.05) is 11.4 Å². The molecule has 0 heterocycles. The predicted octanol–water partition coefficient (Wildman–Crippen LogP) is 1.97. The van der Waals surface area contributed by atoms with Crippen molar-refractivity contribution in [3.63, 3.8) is 0 Å². The third-order valence-electron chi connectivity index (χ3n) is 3.31. The Hall–Kier alpha value is -3.61. The zero-order chi connectivity index (χ0) is 18.9. The second-order valence-electron chi connectivity index (χ2n) is 5.19. The molecule has 0 aliphatic carbocycles. The van der Waals surface area contributed by atoms with E-state index in [0.717, 1.165) is 5.56 Å². The zero-order valence-electron chi connectivity index (χ0n) is 14.1. The van der Waals surface area contributed by atoms with Crippen molar-refractivity contribution in [1.29, 1.82) is 0 Å². The summed E-state index contributed by atoms with van der Waals surface area (Å²) in [5.41, 5.74) is 6.45. The van der Waals surface area contributed by atoms with Crippen LogP contribution >= 0.6 is 0 Å². The average molecular weight is 354 g/mol. The summed E-state index contributed by atoms with van der Waals surface area (Å²) >= 11 is 0. The standard InChI is InChI=1S/C19H18N2O5/c1-25-15-9-5-6-13(10-15)11-16(14-7-3-2-4-8-14)18(23)26-12-17(22)21-19(20)24/h2-11H,12H2,1H3,(H3,20,21,22,24)/b16-11-. The van der Waals surface area contributed by atoms with Crippen molar-refractivity contribution in [2.24, 2.45) is 5.73 Å². The van der Waals surface area contributed by atoms with Crippen LogP contribution in [0.3, 0.4) is 0 Å². The molecule has 0 atom stereocenters. The van der Waals surface area contributed by atoms with Crippen molar-refractivity contribution in [2.75, 3.05) is 13.7 Å². The maximum absolute atomic E-state index is 12.5. The Morgan fingerprint density at radius 2 is 1.81 bits per heavy atom. The van der Waals surface area contributed by atoms with Gasteiger partial charge in [0.25, 0.3) is 5.91 Å². The van der Waals surface area contributed by atoms with Crippen molar-refractivity contribution < 1.29 is 23.9 Å². The molecule has 2 rings (SSSR count). The third-order valence-corrected chi connectivity index (χ3v) is 3.31. The lowest BCUT2D eigenvalue weighted by atomic mass is 10.0. The number of nitrogens with two attached hydrogens (primary N) is 1. The van der Waals surface area contributed by atoms with Gasteiger partial charge in [0.05, 0.1) is 12.7 Å². The number of benzene rings is 2. The molecule has 2 aromatic carbocycles. The summed E-state index contributed by atoms with van der Waals surface area (Å²) in [6, 6.07) is 15.0. The molecule has 7 heteroatoms. The molecule has 3 N–H and O–H groups in total. The quantitative estimate of drug-likeness (QED) is 0.468. The minimum Gasteiger partial charge on any atom is -0.497 e. The van der Waals surface area contributed by atoms with Gasteiger partial charge in [-0.2, -0.15) is 0 Å². The zero-order valence-corrected chi connectivity index (χ0v) is 14.1. The summed E-state index contributed by atoms with van der Waals surface area (Å²) < 4.78 is 10.2. The molecule has 7 nitrogen and oxygen atoms in total. The Morgan fingerprint density at radius 3 is 2.46 bits per heavy atom. The Kier molecular flexibility index (Phi) is 6.50. The third kappa shape index (κ3) is 5.48. The molecule has 2 aromatic rings. The molecule has 0 fully saturated rings. The van der Waals surface area contributed by atoms with Gasteiger partial charge in [0.1, 0.15) is 5.75 Å². The van der Waals surface area contributed by atoms with Gasteiger partial charge in [-0.1, -0.05) is 42.5 Å². The first-order chi connectivity index (χ1) is 12.5. The number of hydrogen-bond donors (Lipinski definition) is 2. The summed E-state index contributed by atoms with van der Waals surface area (Å²) in [4.78, 5) is 34.5. The van der Waals surface area contributed by atoms with Gasteiger partial charge in [0.2, 0.25) is 0 Å². The smallest absolute Gasteiger partial charge is 0.339 e. The Bertz CT molecular complexity index is 831. The highest BCUT2D eigenvalue weighted by molar-refractivity contribution is 6.21. The molecule has 134 valence electrons. The van der Waals surface area contributed by atoms with E-state index in [9.17, 15) is 14.4 Å². The molecule has 3 amide bonds. The van der Waals surface area contributed by atoms with Crippen molar-refractivity contribution in [2.45, 2.75) is 0 Å². The van der Waals surface area contributed by atoms with E-state index in [1.54, 1.807) is 61.7 Å². The average Bonchev–Trinajstić information content (AvgIpc) is 2.64. The number of primary amides is 1. The minimum atomic E-state index is -1.01. The lowest BCUT2D eigenvalue weighted by Crippen LogP contribution is -2.37. The number of esters is 1. The number of hydrogen-bond acceptors (Lipinski definition) is 5. The normalized spacial score (nSPS) is 10.7. The number of amides is 3. The van der Waals surface area contributed by atoms with E-state index in [4.69, 9.17) is 15.2 Å². The summed E-state index contributed by atoms with van der Waals surface area (Å²) in [5.74, 6) is -0.876. The largest absolute Gasteiger partial charge is 0.497 e. The molecular formula is C19H18N2O5. The molecule has 0 radical (unpaired) electrons. The number of imide groups is 1. The van der Waals surface area contributed by atoms with Gasteiger partial charge in [-0.15, -0.1) is 0 Å². The van der Waals surface area contributed by atoms with Crippen LogP contribution in [-0.4, -0.2) is 31.6 Å². The number of ether oxygens (including phenoxy) is 2. The first-order valence-electron chi connectivity index (χ1n) is 7.67. The van der Waals surface area contributed by atoms with Gasteiger partial charge in [-0.05, 0) is 29.3 Å². The molecule has 26 heavy (non-hydrogen) atoms. The van der Waals surface area contributed by atoms with Crippen LogP contribution in [-0.2, 0) is 14.3 Å². The molecule has 0 unspecified atom stereocenters.